The van der Waals surface area contributed by atoms with Crippen molar-refractivity contribution in [1.82, 2.24) is 13.7 Å². The Morgan fingerprint density at radius 3 is 1.35 bits per heavy atom. The highest BCUT2D eigenvalue weighted by Crippen LogP contribution is 2.44. The van der Waals surface area contributed by atoms with Gasteiger partial charge in [0, 0.05) is 49.1 Å². The number of nitrogens with zero attached hydrogens (tertiary/aromatic N) is 5. The summed E-state index contributed by atoms with van der Waals surface area (Å²) in [5, 5.41) is 17.3. The lowest BCUT2D eigenvalue weighted by Crippen LogP contribution is -2.02. The van der Waals surface area contributed by atoms with Crippen molar-refractivity contribution in [2.75, 3.05) is 0 Å². The van der Waals surface area contributed by atoms with Crippen LogP contribution in [-0.2, 0) is 0 Å². The quantitative estimate of drug-likeness (QED) is 0.169. The first kappa shape index (κ1) is 30.7. The third-order valence-corrected chi connectivity index (χ3v) is 11.1. The van der Waals surface area contributed by atoms with Crippen molar-refractivity contribution in [2.24, 2.45) is 0 Å². The summed E-state index contributed by atoms with van der Waals surface area (Å²) in [6.07, 6.45) is 0. The van der Waals surface area contributed by atoms with E-state index in [0.717, 1.165) is 82.8 Å². The van der Waals surface area contributed by atoms with Crippen molar-refractivity contribution in [3.63, 3.8) is 0 Å². The van der Waals surface area contributed by atoms with Crippen LogP contribution in [-0.4, -0.2) is 13.7 Å². The van der Waals surface area contributed by atoms with Crippen molar-refractivity contribution in [2.45, 2.75) is 0 Å². The molecule has 0 radical (unpaired) electrons. The maximum atomic E-state index is 10.3. The number of aromatic nitrogens is 3. The van der Waals surface area contributed by atoms with Crippen LogP contribution in [0.1, 0.15) is 5.56 Å². The Kier molecular flexibility index (Phi) is 6.61. The molecule has 8 aromatic carbocycles. The average molecular weight is 700 g/mol. The molecule has 55 heavy (non-hydrogen) atoms. The van der Waals surface area contributed by atoms with Crippen LogP contribution < -0.4 is 0 Å². The average Bonchev–Trinajstić information content (AvgIpc) is 3.89. The molecule has 0 aliphatic carbocycles. The topological polar surface area (TPSA) is 42.9 Å². The molecule has 0 N–H and O–H groups in total. The fourth-order valence-electron chi connectivity index (χ4n) is 8.83. The molecular formula is C50H29N5. The van der Waals surface area contributed by atoms with E-state index in [9.17, 15) is 5.26 Å². The van der Waals surface area contributed by atoms with Gasteiger partial charge in [-0.3, -0.25) is 0 Å². The summed E-state index contributed by atoms with van der Waals surface area (Å²) in [5.41, 5.74) is 12.4. The molecule has 0 spiro atoms. The van der Waals surface area contributed by atoms with Gasteiger partial charge in [0.15, 0.2) is 5.69 Å². The second-order valence-electron chi connectivity index (χ2n) is 13.9. The Balaban J connectivity index is 1.25. The molecule has 0 amide bonds. The van der Waals surface area contributed by atoms with Gasteiger partial charge >= 0.3 is 0 Å². The Morgan fingerprint density at radius 1 is 0.400 bits per heavy atom. The first-order chi connectivity index (χ1) is 27.2. The van der Waals surface area contributed by atoms with E-state index >= 15 is 0 Å². The lowest BCUT2D eigenvalue weighted by atomic mass is 9.98. The monoisotopic (exact) mass is 699 g/mol. The highest BCUT2D eigenvalue weighted by molar-refractivity contribution is 6.17. The van der Waals surface area contributed by atoms with Gasteiger partial charge in [0.05, 0.1) is 62.7 Å². The van der Waals surface area contributed by atoms with Crippen molar-refractivity contribution >= 4 is 71.1 Å². The lowest BCUT2D eigenvalue weighted by molar-refractivity contribution is 1.15. The highest BCUT2D eigenvalue weighted by atomic mass is 15.0. The van der Waals surface area contributed by atoms with E-state index < -0.39 is 0 Å². The van der Waals surface area contributed by atoms with Gasteiger partial charge in [-0.05, 0) is 60.7 Å². The highest BCUT2D eigenvalue weighted by Gasteiger charge is 2.23. The summed E-state index contributed by atoms with van der Waals surface area (Å²) in [6, 6.07) is 63.6. The van der Waals surface area contributed by atoms with E-state index in [1.165, 1.54) is 10.8 Å². The number of nitriles is 1. The first-order valence-corrected chi connectivity index (χ1v) is 18.3. The smallest absolute Gasteiger partial charge is 0.189 e. The molecule has 0 aliphatic rings. The van der Waals surface area contributed by atoms with Crippen LogP contribution in [0.5, 0.6) is 0 Å². The summed E-state index contributed by atoms with van der Waals surface area (Å²) in [7, 11) is 0. The van der Waals surface area contributed by atoms with Crippen LogP contribution >= 0.6 is 0 Å². The third kappa shape index (κ3) is 4.39. The number of rotatable bonds is 4. The predicted octanol–water partition coefficient (Wildman–Crippen LogP) is 13.1. The molecular weight excluding hydrogens is 671 g/mol. The molecule has 0 aliphatic heterocycles. The van der Waals surface area contributed by atoms with E-state index in [0.29, 0.717) is 11.3 Å². The molecule has 254 valence electrons. The van der Waals surface area contributed by atoms with Gasteiger partial charge in [-0.1, -0.05) is 115 Å². The zero-order valence-corrected chi connectivity index (χ0v) is 29.5. The Bertz CT molecular complexity index is 3360. The van der Waals surface area contributed by atoms with Crippen molar-refractivity contribution in [3.8, 4) is 34.3 Å². The zero-order chi connectivity index (χ0) is 36.6. The SMILES string of the molecule is [C-]#[N+]c1ccc(-c2ccc(C#N)cc2-n2c3ccccc3c3c(-n4c5ccccc5c5ccccc54)cccc32)c(-n2c3ccccc3c3ccccc32)c1. The molecule has 3 aromatic heterocycles. The van der Waals surface area contributed by atoms with Crippen LogP contribution in [0.3, 0.4) is 0 Å². The molecule has 0 fully saturated rings. The van der Waals surface area contributed by atoms with Crippen molar-refractivity contribution < 1.29 is 0 Å². The minimum absolute atomic E-state index is 0.559. The molecule has 0 unspecified atom stereocenters. The van der Waals surface area contributed by atoms with Crippen molar-refractivity contribution in [1.29, 1.82) is 5.26 Å². The van der Waals surface area contributed by atoms with Gasteiger partial charge < -0.3 is 13.7 Å². The molecule has 5 heteroatoms. The van der Waals surface area contributed by atoms with Gasteiger partial charge in [-0.15, -0.1) is 0 Å². The normalized spacial score (nSPS) is 11.6. The largest absolute Gasteiger partial charge is 0.310 e. The van der Waals surface area contributed by atoms with Gasteiger partial charge in [-0.25, -0.2) is 4.85 Å². The first-order valence-electron chi connectivity index (χ1n) is 18.3. The lowest BCUT2D eigenvalue weighted by Gasteiger charge is -2.19. The Hall–Kier alpha value is -7.86. The van der Waals surface area contributed by atoms with E-state index in [-0.39, 0.29) is 0 Å². The van der Waals surface area contributed by atoms with Crippen LogP contribution in [0.15, 0.2) is 176 Å². The van der Waals surface area contributed by atoms with E-state index in [1.54, 1.807) is 0 Å². The zero-order valence-electron chi connectivity index (χ0n) is 29.5. The van der Waals surface area contributed by atoms with Gasteiger partial charge in [0.2, 0.25) is 0 Å². The van der Waals surface area contributed by atoms with Gasteiger partial charge in [0.25, 0.3) is 0 Å². The molecule has 0 saturated heterocycles. The summed E-state index contributed by atoms with van der Waals surface area (Å²) < 4.78 is 6.99. The molecule has 5 nitrogen and oxygen atoms in total. The summed E-state index contributed by atoms with van der Waals surface area (Å²) in [4.78, 5) is 3.88. The van der Waals surface area contributed by atoms with Crippen LogP contribution in [0.25, 0.3) is 98.5 Å². The van der Waals surface area contributed by atoms with E-state index in [2.05, 4.69) is 176 Å². The second kappa shape index (κ2) is 11.8. The number of benzene rings is 8. The molecule has 11 aromatic rings. The Morgan fingerprint density at radius 2 is 0.818 bits per heavy atom. The number of hydrogen-bond acceptors (Lipinski definition) is 1. The Labute approximate surface area is 316 Å². The number of fused-ring (bicyclic) bond motifs is 9. The van der Waals surface area contributed by atoms with Crippen LogP contribution in [0.4, 0.5) is 5.69 Å². The summed E-state index contributed by atoms with van der Waals surface area (Å²) in [6.45, 7) is 8.01. The fraction of sp³-hybridized carbons (Fsp3) is 0. The third-order valence-electron chi connectivity index (χ3n) is 11.1. The van der Waals surface area contributed by atoms with Gasteiger partial charge in [0.1, 0.15) is 0 Å². The molecule has 3 heterocycles. The van der Waals surface area contributed by atoms with Crippen LogP contribution in [0.2, 0.25) is 0 Å². The standard InChI is InChI=1S/C50H29N5/c1-52-33-26-28-39(49(30-33)54-43-20-9-4-15-36(43)37-16-5-10-21-44(37)54)38-27-25-32(31-51)29-48(38)55-45-22-11-6-17-40(45)50-46(23-12-24-47(50)55)53-41-18-7-2-13-34(41)35-14-3-8-19-42(35)53/h2-30H. The second-order valence-corrected chi connectivity index (χ2v) is 13.9. The molecule has 0 bridgehead atoms. The van der Waals surface area contributed by atoms with E-state index in [1.807, 2.05) is 24.3 Å². The minimum atomic E-state index is 0.559. The summed E-state index contributed by atoms with van der Waals surface area (Å²) >= 11 is 0. The maximum Gasteiger partial charge on any atom is 0.189 e. The van der Waals surface area contributed by atoms with E-state index in [4.69, 9.17) is 6.57 Å². The molecule has 11 rings (SSSR count). The molecule has 0 atom stereocenters. The molecule has 0 saturated carbocycles. The maximum absolute atomic E-state index is 10.3. The number of para-hydroxylation sites is 5. The summed E-state index contributed by atoms with van der Waals surface area (Å²) in [5.74, 6) is 0. The minimum Gasteiger partial charge on any atom is -0.310 e. The van der Waals surface area contributed by atoms with Crippen LogP contribution in [0, 0.1) is 17.9 Å². The number of hydrogen-bond donors (Lipinski definition) is 0. The predicted molar refractivity (Wildman–Crippen MR) is 226 cm³/mol. The van der Waals surface area contributed by atoms with Crippen molar-refractivity contribution in [3.05, 3.63) is 193 Å². The fourth-order valence-corrected chi connectivity index (χ4v) is 8.83. The van der Waals surface area contributed by atoms with Gasteiger partial charge in [-0.2, -0.15) is 5.26 Å².